The quantitative estimate of drug-likeness (QED) is 0.419. The highest BCUT2D eigenvalue weighted by Gasteiger charge is 2.13. The predicted molar refractivity (Wildman–Crippen MR) is 125 cm³/mol. The molecule has 150 valence electrons. The molecule has 31 heavy (non-hydrogen) atoms. The summed E-state index contributed by atoms with van der Waals surface area (Å²) in [6, 6.07) is 24.4. The minimum atomic E-state index is -0.184. The van der Waals surface area contributed by atoms with Gasteiger partial charge in [0, 0.05) is 35.9 Å². The van der Waals surface area contributed by atoms with Crippen molar-refractivity contribution in [1.29, 1.82) is 0 Å². The van der Waals surface area contributed by atoms with Crippen LogP contribution in [0.2, 0.25) is 0 Å². The molecule has 0 aliphatic carbocycles. The molecule has 1 N–H and O–H groups in total. The average molecular weight is 403 g/mol. The first-order valence-corrected chi connectivity index (χ1v) is 10.3. The molecule has 5 aromatic rings. The standard InChI is InChI=1S/C27H21N3O/c1-18-5-4-7-20(15-18)22-10-9-21(25-17-28-13-12-24(22)25)16-30-27(31)26-23-8-3-2-6-19(23)11-14-29-26/h2-15,17H,16H2,1H3,(H,30,31). The van der Waals surface area contributed by atoms with E-state index in [1.807, 2.05) is 48.8 Å². The van der Waals surface area contributed by atoms with E-state index in [4.69, 9.17) is 0 Å². The summed E-state index contributed by atoms with van der Waals surface area (Å²) in [5.74, 6) is -0.184. The summed E-state index contributed by atoms with van der Waals surface area (Å²) < 4.78 is 0. The number of pyridine rings is 2. The molecule has 3 aromatic carbocycles. The van der Waals surface area contributed by atoms with Crippen molar-refractivity contribution in [2.24, 2.45) is 0 Å². The van der Waals surface area contributed by atoms with Crippen molar-refractivity contribution in [3.63, 3.8) is 0 Å². The van der Waals surface area contributed by atoms with Crippen molar-refractivity contribution in [1.82, 2.24) is 15.3 Å². The highest BCUT2D eigenvalue weighted by molar-refractivity contribution is 6.05. The number of amides is 1. The van der Waals surface area contributed by atoms with Gasteiger partial charge in [-0.25, -0.2) is 0 Å². The minimum absolute atomic E-state index is 0.184. The second-order valence-corrected chi connectivity index (χ2v) is 7.63. The van der Waals surface area contributed by atoms with Gasteiger partial charge in [-0.15, -0.1) is 0 Å². The van der Waals surface area contributed by atoms with Crippen LogP contribution in [-0.2, 0) is 6.54 Å². The number of fused-ring (bicyclic) bond motifs is 2. The first kappa shape index (κ1) is 18.9. The lowest BCUT2D eigenvalue weighted by molar-refractivity contribution is 0.0948. The van der Waals surface area contributed by atoms with Gasteiger partial charge in [-0.1, -0.05) is 66.2 Å². The molecule has 1 amide bonds. The molecule has 5 rings (SSSR count). The smallest absolute Gasteiger partial charge is 0.270 e. The highest BCUT2D eigenvalue weighted by Crippen LogP contribution is 2.31. The number of carbonyl (C=O) groups is 1. The predicted octanol–water partition coefficient (Wildman–Crippen LogP) is 5.69. The third-order valence-electron chi connectivity index (χ3n) is 5.57. The second-order valence-electron chi connectivity index (χ2n) is 7.63. The molecule has 2 aromatic heterocycles. The third-order valence-corrected chi connectivity index (χ3v) is 5.57. The van der Waals surface area contributed by atoms with Crippen molar-refractivity contribution < 1.29 is 4.79 Å². The van der Waals surface area contributed by atoms with Crippen LogP contribution < -0.4 is 5.32 Å². The average Bonchev–Trinajstić information content (AvgIpc) is 2.82. The zero-order chi connectivity index (χ0) is 21.2. The number of aromatic nitrogens is 2. The zero-order valence-electron chi connectivity index (χ0n) is 17.2. The first-order chi connectivity index (χ1) is 15.2. The van der Waals surface area contributed by atoms with Crippen LogP contribution in [0.15, 0.2) is 91.4 Å². The molecule has 4 heteroatoms. The van der Waals surface area contributed by atoms with Gasteiger partial charge >= 0.3 is 0 Å². The molecular weight excluding hydrogens is 382 g/mol. The fourth-order valence-electron chi connectivity index (χ4n) is 4.03. The Kier molecular flexibility index (Phi) is 4.89. The topological polar surface area (TPSA) is 54.9 Å². The first-order valence-electron chi connectivity index (χ1n) is 10.3. The van der Waals surface area contributed by atoms with E-state index in [1.165, 1.54) is 11.1 Å². The van der Waals surface area contributed by atoms with E-state index in [9.17, 15) is 4.79 Å². The van der Waals surface area contributed by atoms with Gasteiger partial charge in [-0.3, -0.25) is 14.8 Å². The molecule has 0 aliphatic heterocycles. The van der Waals surface area contributed by atoms with Crippen LogP contribution in [0, 0.1) is 6.92 Å². The molecule has 0 fully saturated rings. The van der Waals surface area contributed by atoms with E-state index >= 15 is 0 Å². The number of hydrogen-bond acceptors (Lipinski definition) is 3. The summed E-state index contributed by atoms with van der Waals surface area (Å²) in [7, 11) is 0. The Hall–Kier alpha value is -4.05. The number of hydrogen-bond donors (Lipinski definition) is 1. The van der Waals surface area contributed by atoms with E-state index < -0.39 is 0 Å². The fraction of sp³-hybridized carbons (Fsp3) is 0.0741. The highest BCUT2D eigenvalue weighted by atomic mass is 16.1. The number of aryl methyl sites for hydroxylation is 1. The molecule has 0 atom stereocenters. The summed E-state index contributed by atoms with van der Waals surface area (Å²) in [5.41, 5.74) is 5.02. The maximum absolute atomic E-state index is 12.9. The van der Waals surface area contributed by atoms with Crippen LogP contribution in [-0.4, -0.2) is 15.9 Å². The van der Waals surface area contributed by atoms with Gasteiger partial charge in [-0.05, 0) is 46.5 Å². The largest absolute Gasteiger partial charge is 0.347 e. The second kappa shape index (κ2) is 8.00. The lowest BCUT2D eigenvalue weighted by atomic mass is 9.95. The summed E-state index contributed by atoms with van der Waals surface area (Å²) in [4.78, 5) is 21.6. The zero-order valence-corrected chi connectivity index (χ0v) is 17.2. The van der Waals surface area contributed by atoms with Crippen molar-refractivity contribution in [3.05, 3.63) is 108 Å². The van der Waals surface area contributed by atoms with Crippen LogP contribution in [0.5, 0.6) is 0 Å². The summed E-state index contributed by atoms with van der Waals surface area (Å²) in [5, 5.41) is 7.05. The van der Waals surface area contributed by atoms with Gasteiger partial charge in [0.25, 0.3) is 5.91 Å². The van der Waals surface area contributed by atoms with Crippen LogP contribution in [0.4, 0.5) is 0 Å². The summed E-state index contributed by atoms with van der Waals surface area (Å²) in [6.45, 7) is 2.50. The van der Waals surface area contributed by atoms with E-state index in [2.05, 4.69) is 58.6 Å². The van der Waals surface area contributed by atoms with Gasteiger partial charge < -0.3 is 5.32 Å². The molecule has 0 spiro atoms. The van der Waals surface area contributed by atoms with Gasteiger partial charge in [0.15, 0.2) is 0 Å². The molecule has 0 saturated heterocycles. The monoisotopic (exact) mass is 403 g/mol. The number of nitrogens with zero attached hydrogens (tertiary/aromatic N) is 2. The van der Waals surface area contributed by atoms with Crippen molar-refractivity contribution in [2.75, 3.05) is 0 Å². The van der Waals surface area contributed by atoms with Crippen molar-refractivity contribution in [2.45, 2.75) is 13.5 Å². The number of benzene rings is 3. The van der Waals surface area contributed by atoms with Gasteiger partial charge in [-0.2, -0.15) is 0 Å². The number of carbonyl (C=O) groups excluding carboxylic acids is 1. The van der Waals surface area contributed by atoms with Crippen LogP contribution in [0.3, 0.4) is 0 Å². The molecule has 0 bridgehead atoms. The molecule has 2 heterocycles. The van der Waals surface area contributed by atoms with Gasteiger partial charge in [0.05, 0.1) is 0 Å². The molecule has 4 nitrogen and oxygen atoms in total. The number of nitrogens with one attached hydrogen (secondary N) is 1. The Balaban J connectivity index is 1.47. The van der Waals surface area contributed by atoms with E-state index in [0.29, 0.717) is 12.2 Å². The van der Waals surface area contributed by atoms with Crippen LogP contribution >= 0.6 is 0 Å². The summed E-state index contributed by atoms with van der Waals surface area (Å²) in [6.07, 6.45) is 5.35. The van der Waals surface area contributed by atoms with Crippen LogP contribution in [0.25, 0.3) is 32.7 Å². The molecule has 0 saturated carbocycles. The normalized spacial score (nSPS) is 11.0. The number of rotatable bonds is 4. The van der Waals surface area contributed by atoms with Crippen molar-refractivity contribution in [3.8, 4) is 11.1 Å². The lowest BCUT2D eigenvalue weighted by Crippen LogP contribution is -2.24. The van der Waals surface area contributed by atoms with Gasteiger partial charge in [0.1, 0.15) is 5.69 Å². The maximum atomic E-state index is 12.9. The molecule has 0 radical (unpaired) electrons. The Morgan fingerprint density at radius 2 is 1.77 bits per heavy atom. The van der Waals surface area contributed by atoms with Crippen molar-refractivity contribution >= 4 is 27.5 Å². The Morgan fingerprint density at radius 3 is 2.68 bits per heavy atom. The Bertz CT molecular complexity index is 1420. The summed E-state index contributed by atoms with van der Waals surface area (Å²) >= 11 is 0. The minimum Gasteiger partial charge on any atom is -0.347 e. The maximum Gasteiger partial charge on any atom is 0.270 e. The molecular formula is C27H21N3O. The van der Waals surface area contributed by atoms with Gasteiger partial charge in [0.2, 0.25) is 0 Å². The lowest BCUT2D eigenvalue weighted by Gasteiger charge is -2.13. The molecule has 0 unspecified atom stereocenters. The molecule has 0 aliphatic rings. The van der Waals surface area contributed by atoms with E-state index in [1.54, 1.807) is 6.20 Å². The fourth-order valence-corrected chi connectivity index (χ4v) is 4.03. The van der Waals surface area contributed by atoms with E-state index in [0.717, 1.165) is 32.7 Å². The third kappa shape index (κ3) is 3.64. The Morgan fingerprint density at radius 1 is 0.871 bits per heavy atom. The van der Waals surface area contributed by atoms with E-state index in [-0.39, 0.29) is 5.91 Å². The van der Waals surface area contributed by atoms with Crippen LogP contribution in [0.1, 0.15) is 21.6 Å². The Labute approximate surface area is 180 Å². The SMILES string of the molecule is Cc1cccc(-c2ccc(CNC(=O)c3nccc4ccccc34)c3cnccc23)c1.